The highest BCUT2D eigenvalue weighted by molar-refractivity contribution is 9.10. The van der Waals surface area contributed by atoms with Gasteiger partial charge in [-0.1, -0.05) is 28.1 Å². The quantitative estimate of drug-likeness (QED) is 0.891. The molecule has 18 heavy (non-hydrogen) atoms. The summed E-state index contributed by atoms with van der Waals surface area (Å²) >= 11 is 3.31. The number of carboxylic acids is 1. The first-order valence-electron chi connectivity index (χ1n) is 5.09. The number of aromatic amines is 1. The van der Waals surface area contributed by atoms with Crippen LogP contribution in [-0.4, -0.2) is 21.0 Å². The van der Waals surface area contributed by atoms with Crippen LogP contribution >= 0.6 is 15.9 Å². The smallest absolute Gasteiger partial charge is 0.352 e. The van der Waals surface area contributed by atoms with Crippen molar-refractivity contribution in [3.8, 4) is 11.3 Å². The molecule has 2 N–H and O–H groups in total. The highest BCUT2D eigenvalue weighted by Gasteiger charge is 2.15. The minimum atomic E-state index is -1.18. The molecule has 0 amide bonds. The molecule has 0 aliphatic heterocycles. The van der Waals surface area contributed by atoms with Gasteiger partial charge < -0.3 is 5.11 Å². The van der Waals surface area contributed by atoms with Crippen LogP contribution in [0.3, 0.4) is 0 Å². The molecule has 0 aliphatic rings. The van der Waals surface area contributed by atoms with Crippen molar-refractivity contribution in [2.45, 2.75) is 6.92 Å². The summed E-state index contributed by atoms with van der Waals surface area (Å²) in [5, 5.41) is 9.00. The molecule has 5 nitrogen and oxygen atoms in total. The van der Waals surface area contributed by atoms with Crippen molar-refractivity contribution in [1.29, 1.82) is 0 Å². The van der Waals surface area contributed by atoms with E-state index in [0.29, 0.717) is 16.8 Å². The van der Waals surface area contributed by atoms with Gasteiger partial charge in [0.15, 0.2) is 0 Å². The van der Waals surface area contributed by atoms with E-state index in [4.69, 9.17) is 5.11 Å². The molecule has 0 fully saturated rings. The number of halogens is 1. The summed E-state index contributed by atoms with van der Waals surface area (Å²) in [6.45, 7) is 1.61. The highest BCUT2D eigenvalue weighted by atomic mass is 79.9. The third-order valence-corrected chi connectivity index (χ3v) is 3.04. The Kier molecular flexibility index (Phi) is 3.29. The number of rotatable bonds is 2. The van der Waals surface area contributed by atoms with Crippen LogP contribution in [0.25, 0.3) is 11.3 Å². The Morgan fingerprint density at radius 1 is 1.33 bits per heavy atom. The average molecular weight is 309 g/mol. The first-order valence-corrected chi connectivity index (χ1v) is 5.88. The summed E-state index contributed by atoms with van der Waals surface area (Å²) in [6, 6.07) is 7.14. The van der Waals surface area contributed by atoms with Crippen molar-refractivity contribution in [2.24, 2.45) is 0 Å². The molecule has 0 atom stereocenters. The molecular formula is C12H9BrN2O3. The number of hydrogen-bond acceptors (Lipinski definition) is 3. The Balaban J connectivity index is 2.68. The molecule has 2 rings (SSSR count). The van der Waals surface area contributed by atoms with E-state index in [1.54, 1.807) is 31.2 Å². The summed E-state index contributed by atoms with van der Waals surface area (Å²) in [4.78, 5) is 28.4. The van der Waals surface area contributed by atoms with Crippen molar-refractivity contribution in [1.82, 2.24) is 9.97 Å². The van der Waals surface area contributed by atoms with E-state index >= 15 is 0 Å². The zero-order valence-electron chi connectivity index (χ0n) is 9.40. The molecule has 0 saturated carbocycles. The molecular weight excluding hydrogens is 300 g/mol. The SMILES string of the molecule is Cc1c(-c2ccc(Br)cc2)nc(=O)[nH]c1C(=O)O. The fraction of sp³-hybridized carbons (Fsp3) is 0.0833. The van der Waals surface area contributed by atoms with Gasteiger partial charge in [-0.15, -0.1) is 0 Å². The number of benzene rings is 1. The third kappa shape index (κ3) is 2.33. The number of H-pyrrole nitrogens is 1. The zero-order chi connectivity index (χ0) is 13.3. The predicted molar refractivity (Wildman–Crippen MR) is 69.7 cm³/mol. The van der Waals surface area contributed by atoms with E-state index < -0.39 is 11.7 Å². The van der Waals surface area contributed by atoms with Gasteiger partial charge in [0.2, 0.25) is 0 Å². The van der Waals surface area contributed by atoms with Crippen LogP contribution in [0.2, 0.25) is 0 Å². The van der Waals surface area contributed by atoms with Crippen molar-refractivity contribution < 1.29 is 9.90 Å². The standard InChI is InChI=1S/C12H9BrN2O3/c1-6-9(7-2-4-8(13)5-3-7)14-12(18)15-10(6)11(16)17/h2-5H,1H3,(H,16,17)(H,14,15,18). The van der Waals surface area contributed by atoms with Crippen LogP contribution < -0.4 is 5.69 Å². The Bertz CT molecular complexity index is 662. The number of nitrogens with one attached hydrogen (secondary N) is 1. The van der Waals surface area contributed by atoms with E-state index in [1.165, 1.54) is 0 Å². The number of aromatic nitrogens is 2. The number of nitrogens with zero attached hydrogens (tertiary/aromatic N) is 1. The lowest BCUT2D eigenvalue weighted by Crippen LogP contribution is -2.19. The van der Waals surface area contributed by atoms with Gasteiger partial charge in [0, 0.05) is 15.6 Å². The largest absolute Gasteiger partial charge is 0.477 e. The van der Waals surface area contributed by atoms with Crippen LogP contribution in [0.5, 0.6) is 0 Å². The van der Waals surface area contributed by atoms with Crippen molar-refractivity contribution >= 4 is 21.9 Å². The molecule has 0 aliphatic carbocycles. The fourth-order valence-corrected chi connectivity index (χ4v) is 1.90. The van der Waals surface area contributed by atoms with Gasteiger partial charge in [-0.2, -0.15) is 4.98 Å². The van der Waals surface area contributed by atoms with Crippen molar-refractivity contribution in [2.75, 3.05) is 0 Å². The highest BCUT2D eigenvalue weighted by Crippen LogP contribution is 2.23. The lowest BCUT2D eigenvalue weighted by Gasteiger charge is -2.07. The van der Waals surface area contributed by atoms with Gasteiger partial charge in [0.25, 0.3) is 0 Å². The topological polar surface area (TPSA) is 83.0 Å². The maximum atomic E-state index is 11.4. The molecule has 0 radical (unpaired) electrons. The number of aromatic carboxylic acids is 1. The summed E-state index contributed by atoms with van der Waals surface area (Å²) < 4.78 is 0.896. The van der Waals surface area contributed by atoms with Crippen LogP contribution in [0.15, 0.2) is 33.5 Å². The zero-order valence-corrected chi connectivity index (χ0v) is 11.0. The van der Waals surface area contributed by atoms with Crippen LogP contribution in [-0.2, 0) is 0 Å². The van der Waals surface area contributed by atoms with Crippen LogP contribution in [0.4, 0.5) is 0 Å². The van der Waals surface area contributed by atoms with Crippen molar-refractivity contribution in [3.05, 3.63) is 50.5 Å². The first kappa shape index (κ1) is 12.5. The minimum absolute atomic E-state index is 0.132. The maximum Gasteiger partial charge on any atom is 0.352 e. The second kappa shape index (κ2) is 4.73. The lowest BCUT2D eigenvalue weighted by atomic mass is 10.1. The third-order valence-electron chi connectivity index (χ3n) is 2.51. The molecule has 0 bridgehead atoms. The van der Waals surface area contributed by atoms with E-state index in [1.807, 2.05) is 0 Å². The van der Waals surface area contributed by atoms with Crippen molar-refractivity contribution in [3.63, 3.8) is 0 Å². The number of carboxylic acid groups (broad SMARTS) is 1. The molecule has 0 unspecified atom stereocenters. The Labute approximate surface area is 111 Å². The summed E-state index contributed by atoms with van der Waals surface area (Å²) in [5.74, 6) is -1.18. The maximum absolute atomic E-state index is 11.4. The minimum Gasteiger partial charge on any atom is -0.477 e. The number of carbonyl (C=O) groups is 1. The van der Waals surface area contributed by atoms with Crippen LogP contribution in [0.1, 0.15) is 16.1 Å². The molecule has 1 aromatic carbocycles. The molecule has 6 heteroatoms. The Hall–Kier alpha value is -1.95. The second-order valence-corrected chi connectivity index (χ2v) is 4.62. The van der Waals surface area contributed by atoms with E-state index in [9.17, 15) is 9.59 Å². The molecule has 0 saturated heterocycles. The first-order chi connectivity index (χ1) is 8.49. The van der Waals surface area contributed by atoms with Gasteiger partial charge in [0.05, 0.1) is 5.69 Å². The molecule has 1 aromatic heterocycles. The van der Waals surface area contributed by atoms with Gasteiger partial charge in [-0.3, -0.25) is 4.98 Å². The van der Waals surface area contributed by atoms with E-state index in [0.717, 1.165) is 4.47 Å². The molecule has 0 spiro atoms. The van der Waals surface area contributed by atoms with E-state index in [-0.39, 0.29) is 5.69 Å². The predicted octanol–water partition coefficient (Wildman–Crippen LogP) is 2.21. The summed E-state index contributed by atoms with van der Waals surface area (Å²) in [5.41, 5.74) is 0.709. The lowest BCUT2D eigenvalue weighted by molar-refractivity contribution is 0.0689. The molecule has 2 aromatic rings. The summed E-state index contributed by atoms with van der Waals surface area (Å²) in [6.07, 6.45) is 0. The Morgan fingerprint density at radius 2 is 1.94 bits per heavy atom. The van der Waals surface area contributed by atoms with Gasteiger partial charge in [-0.05, 0) is 19.1 Å². The monoisotopic (exact) mass is 308 g/mol. The van der Waals surface area contributed by atoms with Crippen LogP contribution in [0, 0.1) is 6.92 Å². The fourth-order valence-electron chi connectivity index (χ4n) is 1.64. The summed E-state index contributed by atoms with van der Waals surface area (Å²) in [7, 11) is 0. The van der Waals surface area contributed by atoms with Gasteiger partial charge in [0.1, 0.15) is 5.69 Å². The molecule has 92 valence electrons. The second-order valence-electron chi connectivity index (χ2n) is 3.70. The number of hydrogen-bond donors (Lipinski definition) is 2. The van der Waals surface area contributed by atoms with Gasteiger partial charge in [-0.25, -0.2) is 9.59 Å². The Morgan fingerprint density at radius 3 is 2.50 bits per heavy atom. The van der Waals surface area contributed by atoms with Gasteiger partial charge >= 0.3 is 11.7 Å². The van der Waals surface area contributed by atoms with E-state index in [2.05, 4.69) is 25.9 Å². The normalized spacial score (nSPS) is 10.3. The average Bonchev–Trinajstić information content (AvgIpc) is 2.32. The molecule has 1 heterocycles.